The maximum atomic E-state index is 13.5. The lowest BCUT2D eigenvalue weighted by Crippen LogP contribution is -2.36. The molecule has 1 atom stereocenters. The molecule has 0 aromatic heterocycles. The van der Waals surface area contributed by atoms with Gasteiger partial charge in [-0.2, -0.15) is 0 Å². The highest BCUT2D eigenvalue weighted by atomic mass is 16.5. The summed E-state index contributed by atoms with van der Waals surface area (Å²) in [4.78, 5) is 13.5. The van der Waals surface area contributed by atoms with Gasteiger partial charge in [0.2, 0.25) is 0 Å². The van der Waals surface area contributed by atoms with Gasteiger partial charge in [0.25, 0.3) is 0 Å². The highest BCUT2D eigenvalue weighted by Gasteiger charge is 2.54. The average Bonchev–Trinajstić information content (AvgIpc) is 3.05. The van der Waals surface area contributed by atoms with E-state index in [1.807, 2.05) is 42.5 Å². The molecule has 3 aromatic carbocycles. The Morgan fingerprint density at radius 3 is 2.04 bits per heavy atom. The molecular weight excluding hydrogens is 356 g/mol. The molecular formula is C23H20O5. The number of carbonyl (C=O) groups excluding carboxylic acids is 1. The van der Waals surface area contributed by atoms with Crippen molar-refractivity contribution in [2.45, 2.75) is 5.41 Å². The standard InChI is InChI=1S/C23H20O5/c1-25-16-9-11-20(27-3)18(13-16)23(15-7-5-4-6-8-15)19-14-17(26-2)10-12-21(19)28-22(23)24/h4-14H,1-3H3. The third-order valence-corrected chi connectivity index (χ3v) is 5.12. The Kier molecular flexibility index (Phi) is 4.43. The first kappa shape index (κ1) is 17.9. The minimum atomic E-state index is -1.20. The van der Waals surface area contributed by atoms with E-state index in [1.165, 1.54) is 0 Å². The van der Waals surface area contributed by atoms with E-state index in [2.05, 4.69) is 0 Å². The van der Waals surface area contributed by atoms with E-state index in [1.54, 1.807) is 45.6 Å². The van der Waals surface area contributed by atoms with Crippen LogP contribution in [0.1, 0.15) is 16.7 Å². The summed E-state index contributed by atoms with van der Waals surface area (Å²) in [6.07, 6.45) is 0. The zero-order chi connectivity index (χ0) is 19.7. The predicted molar refractivity (Wildman–Crippen MR) is 104 cm³/mol. The number of hydrogen-bond acceptors (Lipinski definition) is 5. The lowest BCUT2D eigenvalue weighted by atomic mass is 9.70. The van der Waals surface area contributed by atoms with Gasteiger partial charge in [-0.15, -0.1) is 0 Å². The number of ether oxygens (including phenoxy) is 4. The second kappa shape index (κ2) is 6.93. The van der Waals surface area contributed by atoms with Crippen LogP contribution in [0.3, 0.4) is 0 Å². The van der Waals surface area contributed by atoms with Crippen LogP contribution in [-0.4, -0.2) is 27.3 Å². The Morgan fingerprint density at radius 2 is 1.39 bits per heavy atom. The average molecular weight is 376 g/mol. The van der Waals surface area contributed by atoms with Crippen LogP contribution >= 0.6 is 0 Å². The van der Waals surface area contributed by atoms with Crippen molar-refractivity contribution in [2.24, 2.45) is 0 Å². The molecule has 1 aliphatic heterocycles. The van der Waals surface area contributed by atoms with E-state index < -0.39 is 11.4 Å². The van der Waals surface area contributed by atoms with Crippen LogP contribution in [0.5, 0.6) is 23.0 Å². The van der Waals surface area contributed by atoms with E-state index in [9.17, 15) is 4.79 Å². The molecule has 0 spiro atoms. The highest BCUT2D eigenvalue weighted by Crippen LogP contribution is 2.52. The van der Waals surface area contributed by atoms with Gasteiger partial charge < -0.3 is 18.9 Å². The number of hydrogen-bond donors (Lipinski definition) is 0. The first-order valence-corrected chi connectivity index (χ1v) is 8.84. The summed E-state index contributed by atoms with van der Waals surface area (Å²) < 4.78 is 22.2. The number of carbonyl (C=O) groups is 1. The first-order chi connectivity index (χ1) is 13.6. The van der Waals surface area contributed by atoms with Gasteiger partial charge in [0.1, 0.15) is 23.0 Å². The third-order valence-electron chi connectivity index (χ3n) is 5.12. The fourth-order valence-corrected chi connectivity index (χ4v) is 3.78. The molecule has 142 valence electrons. The van der Waals surface area contributed by atoms with Gasteiger partial charge in [-0.1, -0.05) is 30.3 Å². The molecule has 5 heteroatoms. The largest absolute Gasteiger partial charge is 0.497 e. The third kappa shape index (κ3) is 2.51. The van der Waals surface area contributed by atoms with Crippen molar-refractivity contribution in [1.82, 2.24) is 0 Å². The summed E-state index contributed by atoms with van der Waals surface area (Å²) in [7, 11) is 4.76. The zero-order valence-corrected chi connectivity index (χ0v) is 15.9. The molecule has 0 fully saturated rings. The summed E-state index contributed by atoms with van der Waals surface area (Å²) in [5.74, 6) is 1.93. The molecule has 3 aromatic rings. The minimum Gasteiger partial charge on any atom is -0.497 e. The molecule has 0 amide bonds. The fraction of sp³-hybridized carbons (Fsp3) is 0.174. The van der Waals surface area contributed by atoms with Crippen molar-refractivity contribution >= 4 is 5.97 Å². The van der Waals surface area contributed by atoms with Gasteiger partial charge in [0.05, 0.1) is 21.3 Å². The number of methoxy groups -OCH3 is 3. The summed E-state index contributed by atoms with van der Waals surface area (Å²) in [5.41, 5.74) is 0.927. The second-order valence-electron chi connectivity index (χ2n) is 6.43. The summed E-state index contributed by atoms with van der Waals surface area (Å²) in [6.45, 7) is 0. The van der Waals surface area contributed by atoms with Crippen LogP contribution in [0.2, 0.25) is 0 Å². The molecule has 1 heterocycles. The maximum Gasteiger partial charge on any atom is 0.331 e. The number of rotatable bonds is 5. The molecule has 0 bridgehead atoms. The van der Waals surface area contributed by atoms with E-state index in [0.717, 1.165) is 5.56 Å². The van der Waals surface area contributed by atoms with Gasteiger partial charge in [0.15, 0.2) is 5.41 Å². The van der Waals surface area contributed by atoms with Crippen molar-refractivity contribution in [2.75, 3.05) is 21.3 Å². The molecule has 1 unspecified atom stereocenters. The predicted octanol–water partition coefficient (Wildman–Crippen LogP) is 3.97. The topological polar surface area (TPSA) is 54.0 Å². The van der Waals surface area contributed by atoms with Crippen molar-refractivity contribution in [3.05, 3.63) is 83.4 Å². The Bertz CT molecular complexity index is 1030. The van der Waals surface area contributed by atoms with Crippen LogP contribution < -0.4 is 18.9 Å². The highest BCUT2D eigenvalue weighted by molar-refractivity contribution is 5.99. The Morgan fingerprint density at radius 1 is 0.750 bits per heavy atom. The van der Waals surface area contributed by atoms with Crippen molar-refractivity contribution in [1.29, 1.82) is 0 Å². The Balaban J connectivity index is 2.12. The lowest BCUT2D eigenvalue weighted by Gasteiger charge is -2.29. The SMILES string of the molecule is COc1ccc(OC)c(C2(c3ccccc3)C(=O)Oc3ccc(OC)cc32)c1. The number of benzene rings is 3. The van der Waals surface area contributed by atoms with Gasteiger partial charge in [-0.05, 0) is 42.0 Å². The molecule has 4 rings (SSSR count). The van der Waals surface area contributed by atoms with Crippen molar-refractivity contribution < 1.29 is 23.7 Å². The molecule has 0 aliphatic carbocycles. The molecule has 5 nitrogen and oxygen atoms in total. The van der Waals surface area contributed by atoms with E-state index in [0.29, 0.717) is 34.1 Å². The van der Waals surface area contributed by atoms with Gasteiger partial charge in [-0.25, -0.2) is 4.79 Å². The maximum absolute atomic E-state index is 13.5. The summed E-state index contributed by atoms with van der Waals surface area (Å²) >= 11 is 0. The lowest BCUT2D eigenvalue weighted by molar-refractivity contribution is -0.135. The van der Waals surface area contributed by atoms with Crippen LogP contribution in [0.4, 0.5) is 0 Å². The van der Waals surface area contributed by atoms with Crippen LogP contribution in [0, 0.1) is 0 Å². The zero-order valence-electron chi connectivity index (χ0n) is 15.9. The van der Waals surface area contributed by atoms with Crippen LogP contribution in [0.25, 0.3) is 0 Å². The van der Waals surface area contributed by atoms with E-state index in [4.69, 9.17) is 18.9 Å². The van der Waals surface area contributed by atoms with Gasteiger partial charge in [0, 0.05) is 11.1 Å². The Labute approximate surface area is 163 Å². The number of fused-ring (bicyclic) bond motifs is 1. The van der Waals surface area contributed by atoms with Gasteiger partial charge in [-0.3, -0.25) is 0 Å². The van der Waals surface area contributed by atoms with Crippen molar-refractivity contribution in [3.8, 4) is 23.0 Å². The molecule has 0 saturated carbocycles. The molecule has 0 radical (unpaired) electrons. The smallest absolute Gasteiger partial charge is 0.331 e. The number of esters is 1. The van der Waals surface area contributed by atoms with Crippen molar-refractivity contribution in [3.63, 3.8) is 0 Å². The first-order valence-electron chi connectivity index (χ1n) is 8.84. The van der Waals surface area contributed by atoms with E-state index in [-0.39, 0.29) is 0 Å². The fourth-order valence-electron chi connectivity index (χ4n) is 3.78. The minimum absolute atomic E-state index is 0.395. The Hall–Kier alpha value is -3.47. The second-order valence-corrected chi connectivity index (χ2v) is 6.43. The molecule has 0 N–H and O–H groups in total. The van der Waals surface area contributed by atoms with E-state index >= 15 is 0 Å². The van der Waals surface area contributed by atoms with Gasteiger partial charge >= 0.3 is 5.97 Å². The summed E-state index contributed by atoms with van der Waals surface area (Å²) in [6, 6.07) is 20.3. The monoisotopic (exact) mass is 376 g/mol. The quantitative estimate of drug-likeness (QED) is 0.498. The van der Waals surface area contributed by atoms with Crippen LogP contribution in [0.15, 0.2) is 66.7 Å². The normalized spacial score (nSPS) is 17.6. The molecule has 1 aliphatic rings. The van der Waals surface area contributed by atoms with Crippen LogP contribution in [-0.2, 0) is 10.2 Å². The summed E-state index contributed by atoms with van der Waals surface area (Å²) in [5, 5.41) is 0. The molecule has 28 heavy (non-hydrogen) atoms. The molecule has 0 saturated heterocycles.